The predicted octanol–water partition coefficient (Wildman–Crippen LogP) is 13.9. The molecule has 5 nitrogen and oxygen atoms in total. The van der Waals surface area contributed by atoms with Gasteiger partial charge in [-0.25, -0.2) is 4.98 Å². The van der Waals surface area contributed by atoms with Crippen molar-refractivity contribution in [3.05, 3.63) is 187 Å². The second-order valence-electron chi connectivity index (χ2n) is 17.9. The molecule has 0 aliphatic carbocycles. The Morgan fingerprint density at radius 1 is 0.667 bits per heavy atom. The molecule has 0 saturated carbocycles. The summed E-state index contributed by atoms with van der Waals surface area (Å²) in [5.74, 6) is 2.52. The fourth-order valence-electron chi connectivity index (χ4n) is 7.87. The minimum atomic E-state index is -0.433. The van der Waals surface area contributed by atoms with Crippen molar-refractivity contribution < 1.29 is 16.2 Å². The molecule has 60 heavy (non-hydrogen) atoms. The van der Waals surface area contributed by atoms with Crippen LogP contribution in [0.3, 0.4) is 0 Å². The van der Waals surface area contributed by atoms with E-state index in [1.165, 1.54) is 16.7 Å². The quantitative estimate of drug-likeness (QED) is 0.114. The summed E-state index contributed by atoms with van der Waals surface area (Å²) in [6, 6.07) is 37.3. The van der Waals surface area contributed by atoms with Gasteiger partial charge in [0.05, 0.1) is 29.3 Å². The van der Waals surface area contributed by atoms with Gasteiger partial charge in [0.25, 0.3) is 6.33 Å². The average molecular weight is 790 g/mol. The van der Waals surface area contributed by atoms with Crippen LogP contribution in [0.15, 0.2) is 164 Å². The van der Waals surface area contributed by atoms with Crippen LogP contribution < -0.4 is 9.30 Å². The molecular formula is C55H52N4O. The first-order valence-electron chi connectivity index (χ1n) is 23.1. The zero-order valence-electron chi connectivity index (χ0n) is 40.5. The van der Waals surface area contributed by atoms with Crippen molar-refractivity contribution in [1.82, 2.24) is 14.1 Å². The van der Waals surface area contributed by atoms with Crippen LogP contribution in [0, 0.1) is 6.33 Å². The summed E-state index contributed by atoms with van der Waals surface area (Å²) in [4.78, 5) is 4.81. The van der Waals surface area contributed by atoms with Gasteiger partial charge in [-0.05, 0) is 104 Å². The monoisotopic (exact) mass is 789 g/mol. The molecule has 298 valence electrons. The largest absolute Gasteiger partial charge is 0.458 e. The highest BCUT2D eigenvalue weighted by atomic mass is 16.5. The summed E-state index contributed by atoms with van der Waals surface area (Å²) in [5.41, 5.74) is 9.13. The lowest BCUT2D eigenvalue weighted by atomic mass is 9.78. The molecule has 0 radical (unpaired) electrons. The lowest BCUT2D eigenvalue weighted by Crippen LogP contribution is -2.30. The number of pyridine rings is 1. The van der Waals surface area contributed by atoms with Crippen LogP contribution in [0.1, 0.15) is 84.9 Å². The summed E-state index contributed by atoms with van der Waals surface area (Å²) in [6.07, 6.45) is 9.18. The molecule has 0 aliphatic heterocycles. The van der Waals surface area contributed by atoms with Crippen LogP contribution >= 0.6 is 0 Å². The molecule has 0 atom stereocenters. The van der Waals surface area contributed by atoms with Crippen molar-refractivity contribution in [3.8, 4) is 50.9 Å². The molecule has 0 N–H and O–H groups in total. The highest BCUT2D eigenvalue weighted by molar-refractivity contribution is 6.09. The highest BCUT2D eigenvalue weighted by Gasteiger charge is 2.23. The second-order valence-corrected chi connectivity index (χ2v) is 17.9. The van der Waals surface area contributed by atoms with Crippen molar-refractivity contribution in [3.63, 3.8) is 0 Å². The number of ether oxygens (including phenoxy) is 1. The molecule has 9 rings (SSSR count). The standard InChI is InChI=1S/C55H52N4O/c1-37(2)39-26-27-56-52(32-39)59-50-23-13-12-20-48(50)49-25-24-45(35-51(49)59)60-44-19-14-18-43(34-44)57-28-29-58(36-57)53-46(38-16-10-9-11-17-38)21-15-22-47(53)40-30-41(54(3,4)5)33-42(31-40)55(6,7)8/h9-35,37H,1-8H3/i9D,10D,11D,16D,17D. The van der Waals surface area contributed by atoms with Gasteiger partial charge in [0.15, 0.2) is 0 Å². The van der Waals surface area contributed by atoms with E-state index in [-0.39, 0.29) is 40.6 Å². The molecule has 0 aliphatic rings. The zero-order valence-corrected chi connectivity index (χ0v) is 35.5. The Labute approximate surface area is 361 Å². The fourth-order valence-corrected chi connectivity index (χ4v) is 7.87. The second kappa shape index (κ2) is 15.1. The van der Waals surface area contributed by atoms with Crippen LogP contribution in [0.2, 0.25) is 0 Å². The molecule has 0 saturated heterocycles. The predicted molar refractivity (Wildman–Crippen MR) is 247 cm³/mol. The van der Waals surface area contributed by atoms with Crippen LogP contribution in [0.5, 0.6) is 11.5 Å². The van der Waals surface area contributed by atoms with Gasteiger partial charge < -0.3 is 4.74 Å². The highest BCUT2D eigenvalue weighted by Crippen LogP contribution is 2.39. The third kappa shape index (κ3) is 7.41. The number of hydrogen-bond donors (Lipinski definition) is 0. The van der Waals surface area contributed by atoms with Gasteiger partial charge in [0, 0.05) is 35.4 Å². The molecule has 3 aromatic heterocycles. The van der Waals surface area contributed by atoms with E-state index in [4.69, 9.17) is 16.6 Å². The maximum absolute atomic E-state index is 9.03. The van der Waals surface area contributed by atoms with Crippen molar-refractivity contribution in [1.29, 1.82) is 0 Å². The zero-order chi connectivity index (χ0) is 46.1. The van der Waals surface area contributed by atoms with Crippen LogP contribution in [-0.4, -0.2) is 14.1 Å². The summed E-state index contributed by atoms with van der Waals surface area (Å²) in [5, 5.41) is 2.24. The van der Waals surface area contributed by atoms with Gasteiger partial charge in [-0.15, -0.1) is 0 Å². The summed E-state index contributed by atoms with van der Waals surface area (Å²) >= 11 is 0. The molecule has 9 aromatic rings. The first-order chi connectivity index (χ1) is 30.9. The average Bonchev–Trinajstić information content (AvgIpc) is 3.90. The van der Waals surface area contributed by atoms with E-state index in [0.29, 0.717) is 28.7 Å². The summed E-state index contributed by atoms with van der Waals surface area (Å²) < 4.78 is 56.1. The Morgan fingerprint density at radius 3 is 2.08 bits per heavy atom. The maximum atomic E-state index is 9.03. The molecule has 5 heteroatoms. The first kappa shape index (κ1) is 33.1. The molecule has 0 fully saturated rings. The van der Waals surface area contributed by atoms with Crippen molar-refractivity contribution in [2.24, 2.45) is 0 Å². The van der Waals surface area contributed by atoms with Gasteiger partial charge in [-0.3, -0.25) is 13.7 Å². The number of rotatable bonds is 8. The van der Waals surface area contributed by atoms with Gasteiger partial charge in [-0.2, -0.15) is 0 Å². The van der Waals surface area contributed by atoms with Gasteiger partial charge >= 0.3 is 0 Å². The molecule has 0 spiro atoms. The minimum absolute atomic E-state index is 0.124. The molecule has 3 heterocycles. The van der Waals surface area contributed by atoms with Crippen molar-refractivity contribution >= 4 is 21.8 Å². The van der Waals surface area contributed by atoms with E-state index >= 15 is 0 Å². The fraction of sp³-hybridized carbons (Fsp3) is 0.200. The lowest BCUT2D eigenvalue weighted by Gasteiger charge is -2.27. The minimum Gasteiger partial charge on any atom is -0.458 e. The van der Waals surface area contributed by atoms with Crippen LogP contribution in [0.4, 0.5) is 0 Å². The number of imidazole rings is 1. The van der Waals surface area contributed by atoms with Crippen molar-refractivity contribution in [2.75, 3.05) is 0 Å². The van der Waals surface area contributed by atoms with Gasteiger partial charge in [-0.1, -0.05) is 146 Å². The Balaban J connectivity index is 1.15. The molecule has 0 bridgehead atoms. The number of para-hydroxylation sites is 2. The number of nitrogens with zero attached hydrogens (tertiary/aromatic N) is 4. The SMILES string of the molecule is [2H]c1c([2H])c([2H])c(-c2cccc(-c3cc(C(C)(C)C)cc(C(C)(C)C)c3)c2-[n+]2[c-]n(-c3cccc(Oc4ccc5c6ccccc6n(-c6cc(C(C)C)ccn6)c5c4)c3)cc2)c([2H])c1[2H]. The Morgan fingerprint density at radius 2 is 1.35 bits per heavy atom. The topological polar surface area (TPSA) is 35.9 Å². The van der Waals surface area contributed by atoms with Crippen LogP contribution in [0.25, 0.3) is 61.3 Å². The lowest BCUT2D eigenvalue weighted by molar-refractivity contribution is -0.598. The molecule has 0 amide bonds. The van der Waals surface area contributed by atoms with E-state index in [0.717, 1.165) is 44.4 Å². The number of hydrogen-bond acceptors (Lipinski definition) is 2. The summed E-state index contributed by atoms with van der Waals surface area (Å²) in [7, 11) is 0. The summed E-state index contributed by atoms with van der Waals surface area (Å²) in [6.45, 7) is 17.6. The van der Waals surface area contributed by atoms with Gasteiger partial charge in [0.1, 0.15) is 17.3 Å². The van der Waals surface area contributed by atoms with E-state index in [2.05, 4.69) is 133 Å². The van der Waals surface area contributed by atoms with Gasteiger partial charge in [0.2, 0.25) is 0 Å². The third-order valence-electron chi connectivity index (χ3n) is 11.2. The molecule has 6 aromatic carbocycles. The Bertz CT molecular complexity index is 3250. The van der Waals surface area contributed by atoms with E-state index in [1.807, 2.05) is 76.3 Å². The van der Waals surface area contributed by atoms with E-state index < -0.39 is 6.04 Å². The van der Waals surface area contributed by atoms with Crippen LogP contribution in [-0.2, 0) is 10.8 Å². The molecular weight excluding hydrogens is 733 g/mol. The van der Waals surface area contributed by atoms with Crippen molar-refractivity contribution in [2.45, 2.75) is 72.1 Å². The van der Waals surface area contributed by atoms with E-state index in [9.17, 15) is 0 Å². The third-order valence-corrected chi connectivity index (χ3v) is 11.2. The normalized spacial score (nSPS) is 13.3. The number of fused-ring (bicyclic) bond motifs is 3. The van der Waals surface area contributed by atoms with E-state index in [1.54, 1.807) is 0 Å². The Hall–Kier alpha value is -6.72. The maximum Gasteiger partial charge on any atom is 0.268 e. The first-order valence-corrected chi connectivity index (χ1v) is 20.6. The Kier molecular flexibility index (Phi) is 8.37. The number of aromatic nitrogens is 4. The molecule has 0 unspecified atom stereocenters. The number of benzene rings is 6. The smallest absolute Gasteiger partial charge is 0.268 e.